The number of carbonyl (C=O) groups is 2. The molecule has 5 aromatic rings. The number of anilines is 2. The number of rotatable bonds is 6. The first-order valence-corrected chi connectivity index (χ1v) is 13.7. The number of urea groups is 1. The highest BCUT2D eigenvalue weighted by atomic mass is 19.1. The molecule has 2 aliphatic rings. The third kappa shape index (κ3) is 4.29. The molecule has 3 aromatic carbocycles. The Morgan fingerprint density at radius 2 is 1.88 bits per heavy atom. The number of nitrogens with zero attached hydrogens (tertiary/aromatic N) is 4. The Hall–Kier alpha value is -5.23. The lowest BCUT2D eigenvalue weighted by Crippen LogP contribution is -2.33. The van der Waals surface area contributed by atoms with Crippen molar-refractivity contribution in [1.82, 2.24) is 19.7 Å². The Bertz CT molecular complexity index is 1910. The van der Waals surface area contributed by atoms with Gasteiger partial charge in [0, 0.05) is 28.7 Å². The van der Waals surface area contributed by atoms with E-state index < -0.39 is 35.7 Å². The summed E-state index contributed by atoms with van der Waals surface area (Å²) in [5, 5.41) is 16.1. The summed E-state index contributed by atoms with van der Waals surface area (Å²) in [7, 11) is 0. The Labute approximate surface area is 243 Å². The molecule has 2 unspecified atom stereocenters. The van der Waals surface area contributed by atoms with Crippen LogP contribution in [0.1, 0.15) is 35.8 Å². The van der Waals surface area contributed by atoms with E-state index >= 15 is 4.39 Å². The van der Waals surface area contributed by atoms with Crippen LogP contribution in [0.4, 0.5) is 25.1 Å². The van der Waals surface area contributed by atoms with Gasteiger partial charge >= 0.3 is 6.03 Å². The van der Waals surface area contributed by atoms with E-state index in [-0.39, 0.29) is 17.3 Å². The van der Waals surface area contributed by atoms with Crippen LogP contribution in [0.25, 0.3) is 16.6 Å². The lowest BCUT2D eigenvalue weighted by molar-refractivity contribution is -0.119. The Morgan fingerprint density at radius 1 is 1.07 bits per heavy atom. The van der Waals surface area contributed by atoms with Crippen LogP contribution in [-0.4, -0.2) is 49.3 Å². The third-order valence-electron chi connectivity index (χ3n) is 8.03. The summed E-state index contributed by atoms with van der Waals surface area (Å²) in [6, 6.07) is 14.3. The van der Waals surface area contributed by atoms with E-state index in [0.717, 1.165) is 16.9 Å². The summed E-state index contributed by atoms with van der Waals surface area (Å²) in [4.78, 5) is 31.2. The topological polar surface area (TPSA) is 130 Å². The molecule has 0 radical (unpaired) electrons. The van der Waals surface area contributed by atoms with Gasteiger partial charge < -0.3 is 25.5 Å². The van der Waals surface area contributed by atoms with Crippen molar-refractivity contribution in [2.45, 2.75) is 31.9 Å². The smallest absolute Gasteiger partial charge is 0.332 e. The lowest BCUT2D eigenvalue weighted by atomic mass is 10.1. The molecule has 0 spiro atoms. The predicted molar refractivity (Wildman–Crippen MR) is 154 cm³/mol. The molecule has 218 valence electrons. The molecule has 2 atom stereocenters. The number of imide groups is 1. The van der Waals surface area contributed by atoms with Crippen LogP contribution >= 0.6 is 0 Å². The van der Waals surface area contributed by atoms with Gasteiger partial charge in [0.1, 0.15) is 29.5 Å². The van der Waals surface area contributed by atoms with Crippen molar-refractivity contribution >= 4 is 34.3 Å². The van der Waals surface area contributed by atoms with E-state index in [1.165, 1.54) is 40.0 Å². The SMILES string of the molecule is Cc1cc(Oc2ccccc2F)ccc1-n1ncc(C(O)c2cc3cc(F)c(N4C(=O)C5CCCN5C4=O)cc3[nH]2)c1N. The molecule has 4 N–H and O–H groups in total. The molecule has 0 bridgehead atoms. The van der Waals surface area contributed by atoms with Gasteiger partial charge in [-0.3, -0.25) is 4.79 Å². The number of nitrogens with two attached hydrogens (primary N) is 1. The van der Waals surface area contributed by atoms with Crippen molar-refractivity contribution in [2.24, 2.45) is 0 Å². The van der Waals surface area contributed by atoms with Gasteiger partial charge in [0.15, 0.2) is 11.6 Å². The van der Waals surface area contributed by atoms with Crippen LogP contribution in [0.15, 0.2) is 66.9 Å². The maximum Gasteiger partial charge on any atom is 0.332 e. The van der Waals surface area contributed by atoms with E-state index in [4.69, 9.17) is 10.5 Å². The van der Waals surface area contributed by atoms with Gasteiger partial charge in [0.25, 0.3) is 5.91 Å². The Kier molecular flexibility index (Phi) is 6.17. The maximum absolute atomic E-state index is 15.2. The molecular weight excluding hydrogens is 558 g/mol. The molecule has 4 heterocycles. The minimum atomic E-state index is -1.24. The molecule has 2 saturated heterocycles. The fraction of sp³-hybridized carbons (Fsp3) is 0.194. The first-order valence-electron chi connectivity index (χ1n) is 13.7. The fourth-order valence-corrected chi connectivity index (χ4v) is 5.85. The molecule has 43 heavy (non-hydrogen) atoms. The molecule has 0 saturated carbocycles. The van der Waals surface area contributed by atoms with Crippen molar-refractivity contribution in [3.8, 4) is 17.2 Å². The molecule has 2 aliphatic heterocycles. The van der Waals surface area contributed by atoms with E-state index in [0.29, 0.717) is 46.6 Å². The minimum Gasteiger partial charge on any atom is -0.454 e. The van der Waals surface area contributed by atoms with Crippen molar-refractivity contribution in [2.75, 3.05) is 17.2 Å². The Balaban J connectivity index is 1.16. The second-order valence-corrected chi connectivity index (χ2v) is 10.7. The number of carbonyl (C=O) groups excluding carboxylic acids is 2. The second kappa shape index (κ2) is 9.95. The van der Waals surface area contributed by atoms with Crippen LogP contribution in [0.5, 0.6) is 11.5 Å². The van der Waals surface area contributed by atoms with Crippen molar-refractivity contribution < 1.29 is 28.2 Å². The summed E-state index contributed by atoms with van der Waals surface area (Å²) in [5.74, 6) is -0.926. The number of aromatic nitrogens is 3. The number of nitrogens with one attached hydrogen (secondary N) is 1. The van der Waals surface area contributed by atoms with Gasteiger partial charge in [-0.25, -0.2) is 23.2 Å². The zero-order valence-electron chi connectivity index (χ0n) is 22.9. The van der Waals surface area contributed by atoms with Crippen LogP contribution in [-0.2, 0) is 4.79 Å². The number of benzene rings is 3. The van der Waals surface area contributed by atoms with E-state index in [2.05, 4.69) is 10.1 Å². The van der Waals surface area contributed by atoms with Gasteiger partial charge in [-0.15, -0.1) is 0 Å². The quantitative estimate of drug-likeness (QED) is 0.232. The lowest BCUT2D eigenvalue weighted by Gasteiger charge is -2.16. The number of halogens is 2. The number of amides is 3. The van der Waals surface area contributed by atoms with Crippen molar-refractivity contribution in [3.05, 3.63) is 95.3 Å². The number of fused-ring (bicyclic) bond motifs is 2. The van der Waals surface area contributed by atoms with Gasteiger partial charge in [-0.1, -0.05) is 12.1 Å². The van der Waals surface area contributed by atoms with E-state index in [9.17, 15) is 19.1 Å². The second-order valence-electron chi connectivity index (χ2n) is 10.7. The number of nitrogen functional groups attached to an aromatic ring is 1. The van der Waals surface area contributed by atoms with Gasteiger partial charge in [-0.2, -0.15) is 5.10 Å². The van der Waals surface area contributed by atoms with E-state index in [1.54, 1.807) is 36.4 Å². The molecule has 2 fully saturated rings. The number of H-pyrrole nitrogens is 1. The number of aliphatic hydroxyl groups excluding tert-OH is 1. The van der Waals surface area contributed by atoms with Gasteiger partial charge in [0.2, 0.25) is 0 Å². The first-order chi connectivity index (χ1) is 20.7. The number of hydrogen-bond acceptors (Lipinski definition) is 6. The summed E-state index contributed by atoms with van der Waals surface area (Å²) in [6.45, 7) is 2.29. The van der Waals surface area contributed by atoms with Crippen molar-refractivity contribution in [3.63, 3.8) is 0 Å². The largest absolute Gasteiger partial charge is 0.454 e. The van der Waals surface area contributed by atoms with Crippen LogP contribution < -0.4 is 15.4 Å². The normalized spacial score (nSPS) is 17.3. The molecule has 7 rings (SSSR count). The monoisotopic (exact) mass is 584 g/mol. The predicted octanol–water partition coefficient (Wildman–Crippen LogP) is 5.33. The number of para-hydroxylation sites is 1. The highest BCUT2D eigenvalue weighted by molar-refractivity contribution is 6.22. The summed E-state index contributed by atoms with van der Waals surface area (Å²) < 4.78 is 36.3. The summed E-state index contributed by atoms with van der Waals surface area (Å²) in [5.41, 5.74) is 8.72. The molecule has 0 aliphatic carbocycles. The average molecular weight is 585 g/mol. The summed E-state index contributed by atoms with van der Waals surface area (Å²) >= 11 is 0. The van der Waals surface area contributed by atoms with Crippen LogP contribution in [0.3, 0.4) is 0 Å². The zero-order chi connectivity index (χ0) is 30.0. The molecular formula is C31H26F2N6O4. The number of aliphatic hydroxyl groups is 1. The molecule has 3 amide bonds. The molecule has 2 aromatic heterocycles. The van der Waals surface area contributed by atoms with E-state index in [1.807, 2.05) is 6.92 Å². The third-order valence-corrected chi connectivity index (χ3v) is 8.03. The minimum absolute atomic E-state index is 0.1000. The molecule has 10 nitrogen and oxygen atoms in total. The number of aromatic amines is 1. The maximum atomic E-state index is 15.2. The first kappa shape index (κ1) is 26.7. The van der Waals surface area contributed by atoms with Crippen molar-refractivity contribution in [1.29, 1.82) is 0 Å². The number of ether oxygens (including phenoxy) is 1. The average Bonchev–Trinajstić information content (AvgIpc) is 3.76. The van der Waals surface area contributed by atoms with Crippen LogP contribution in [0, 0.1) is 18.6 Å². The fourth-order valence-electron chi connectivity index (χ4n) is 5.85. The van der Waals surface area contributed by atoms with Crippen LogP contribution in [0.2, 0.25) is 0 Å². The Morgan fingerprint density at radius 3 is 2.65 bits per heavy atom. The number of aryl methyl sites for hydroxylation is 1. The van der Waals surface area contributed by atoms with Gasteiger partial charge in [0.05, 0.1) is 17.6 Å². The number of hydrogen-bond donors (Lipinski definition) is 3. The highest BCUT2D eigenvalue weighted by Gasteiger charge is 2.48. The highest BCUT2D eigenvalue weighted by Crippen LogP contribution is 2.37. The standard InChI is InChI=1S/C31H26F2N6O4/c1-16-11-18(43-27-7-3-2-5-20(27)32)8-9-24(16)39-29(34)19(15-35-39)28(40)23-13-17-12-21(33)26(14-22(17)36-23)38-30(41)25-6-4-10-37(25)31(38)42/h2-3,5,7-9,11-15,25,28,36,40H,4,6,10,34H2,1H3. The summed E-state index contributed by atoms with van der Waals surface area (Å²) in [6.07, 6.45) is 1.50. The zero-order valence-corrected chi connectivity index (χ0v) is 22.9. The molecule has 12 heteroatoms. The van der Waals surface area contributed by atoms with Gasteiger partial charge in [-0.05, 0) is 73.9 Å².